The van der Waals surface area contributed by atoms with Gasteiger partial charge in [-0.15, -0.1) is 0 Å². The third-order valence-electron chi connectivity index (χ3n) is 3.12. The zero-order valence-electron chi connectivity index (χ0n) is 12.0. The van der Waals surface area contributed by atoms with Crippen LogP contribution in [0.25, 0.3) is 0 Å². The van der Waals surface area contributed by atoms with Gasteiger partial charge in [-0.1, -0.05) is 13.8 Å². The van der Waals surface area contributed by atoms with Crippen LogP contribution in [0.5, 0.6) is 0 Å². The highest BCUT2D eigenvalue weighted by molar-refractivity contribution is 5.80. The number of nitrogens with zero attached hydrogens (tertiary/aromatic N) is 1. The first-order valence-electron chi connectivity index (χ1n) is 6.60. The van der Waals surface area contributed by atoms with Gasteiger partial charge in [-0.3, -0.25) is 4.79 Å². The van der Waals surface area contributed by atoms with Crippen molar-refractivity contribution in [3.63, 3.8) is 0 Å². The van der Waals surface area contributed by atoms with Crippen molar-refractivity contribution in [2.75, 3.05) is 26.7 Å². The summed E-state index contributed by atoms with van der Waals surface area (Å²) >= 11 is 0. The number of carbonyl (C=O) groups is 1. The van der Waals surface area contributed by atoms with Gasteiger partial charge >= 0.3 is 0 Å². The van der Waals surface area contributed by atoms with E-state index in [1.807, 2.05) is 6.92 Å². The average Bonchev–Trinajstić information content (AvgIpc) is 2.33. The van der Waals surface area contributed by atoms with E-state index in [4.69, 9.17) is 4.74 Å². The molecule has 0 radical (unpaired) electrons. The van der Waals surface area contributed by atoms with Crippen LogP contribution in [-0.2, 0) is 9.53 Å². The Bertz CT molecular complexity index is 206. The summed E-state index contributed by atoms with van der Waals surface area (Å²) in [5.41, 5.74) is 0. The Morgan fingerprint density at radius 2 is 1.88 bits per heavy atom. The van der Waals surface area contributed by atoms with Gasteiger partial charge in [-0.25, -0.2) is 0 Å². The predicted octanol–water partition coefficient (Wildman–Crippen LogP) is 1.65. The smallest absolute Gasteiger partial charge is 0.249 e. The zero-order valence-corrected chi connectivity index (χ0v) is 12.0. The van der Waals surface area contributed by atoms with Crippen molar-refractivity contribution >= 4 is 5.91 Å². The van der Waals surface area contributed by atoms with Gasteiger partial charge in [-0.05, 0) is 46.3 Å². The summed E-state index contributed by atoms with van der Waals surface area (Å²) in [6, 6.07) is 0.218. The molecular weight excluding hydrogens is 216 g/mol. The highest BCUT2D eigenvalue weighted by Gasteiger charge is 2.13. The topological polar surface area (TPSA) is 41.6 Å². The molecule has 0 bridgehead atoms. The average molecular weight is 244 g/mol. The number of hydrogen-bond donors (Lipinski definition) is 1. The minimum Gasteiger partial charge on any atom is -0.372 e. The molecule has 17 heavy (non-hydrogen) atoms. The summed E-state index contributed by atoms with van der Waals surface area (Å²) in [5, 5.41) is 2.96. The van der Waals surface area contributed by atoms with Crippen molar-refractivity contribution in [2.24, 2.45) is 0 Å². The summed E-state index contributed by atoms with van der Waals surface area (Å²) in [6.45, 7) is 11.5. The van der Waals surface area contributed by atoms with E-state index in [1.165, 1.54) is 0 Å². The van der Waals surface area contributed by atoms with E-state index >= 15 is 0 Å². The molecule has 0 heterocycles. The second-order valence-corrected chi connectivity index (χ2v) is 4.46. The molecule has 4 heteroatoms. The Morgan fingerprint density at radius 3 is 2.35 bits per heavy atom. The second-order valence-electron chi connectivity index (χ2n) is 4.46. The molecule has 0 aromatic rings. The summed E-state index contributed by atoms with van der Waals surface area (Å²) in [7, 11) is 1.55. The minimum atomic E-state index is -0.361. The van der Waals surface area contributed by atoms with Crippen molar-refractivity contribution in [3.8, 4) is 0 Å². The molecule has 102 valence electrons. The van der Waals surface area contributed by atoms with Gasteiger partial charge in [0.2, 0.25) is 5.91 Å². The highest BCUT2D eigenvalue weighted by Crippen LogP contribution is 2.00. The van der Waals surface area contributed by atoms with E-state index in [1.54, 1.807) is 14.0 Å². The largest absolute Gasteiger partial charge is 0.372 e. The lowest BCUT2D eigenvalue weighted by Crippen LogP contribution is -2.39. The Kier molecular flexibility index (Phi) is 9.09. The Balaban J connectivity index is 3.72. The summed E-state index contributed by atoms with van der Waals surface area (Å²) < 4.78 is 4.97. The highest BCUT2D eigenvalue weighted by atomic mass is 16.5. The number of methoxy groups -OCH3 is 1. The number of ether oxygens (including phenoxy) is 1. The van der Waals surface area contributed by atoms with Gasteiger partial charge < -0.3 is 15.0 Å². The second kappa shape index (κ2) is 9.42. The van der Waals surface area contributed by atoms with Gasteiger partial charge in [0.15, 0.2) is 0 Å². The normalized spacial score (nSPS) is 14.7. The number of hydrogen-bond acceptors (Lipinski definition) is 3. The molecule has 0 aliphatic rings. The van der Waals surface area contributed by atoms with Crippen LogP contribution in [0.4, 0.5) is 0 Å². The molecule has 0 saturated carbocycles. The van der Waals surface area contributed by atoms with Crippen LogP contribution in [-0.4, -0.2) is 49.7 Å². The minimum absolute atomic E-state index is 0.0251. The third kappa shape index (κ3) is 7.34. The molecule has 1 amide bonds. The predicted molar refractivity (Wildman–Crippen MR) is 71.1 cm³/mol. The fourth-order valence-corrected chi connectivity index (χ4v) is 1.70. The molecule has 0 spiro atoms. The lowest BCUT2D eigenvalue weighted by molar-refractivity contribution is -0.130. The van der Waals surface area contributed by atoms with Gasteiger partial charge in [0.25, 0.3) is 0 Å². The molecule has 0 rings (SSSR count). The molecule has 4 nitrogen and oxygen atoms in total. The quantitative estimate of drug-likeness (QED) is 0.670. The molecule has 0 aromatic carbocycles. The fourth-order valence-electron chi connectivity index (χ4n) is 1.70. The van der Waals surface area contributed by atoms with Crippen molar-refractivity contribution in [2.45, 2.75) is 52.7 Å². The lowest BCUT2D eigenvalue weighted by atomic mass is 10.1. The van der Waals surface area contributed by atoms with Crippen LogP contribution in [0.3, 0.4) is 0 Å². The van der Waals surface area contributed by atoms with E-state index in [-0.39, 0.29) is 18.1 Å². The Hall–Kier alpha value is -0.610. The molecule has 1 N–H and O–H groups in total. The molecule has 0 aliphatic carbocycles. The number of carbonyl (C=O) groups excluding carboxylic acids is 1. The Labute approximate surface area is 106 Å². The van der Waals surface area contributed by atoms with Crippen LogP contribution in [0, 0.1) is 0 Å². The van der Waals surface area contributed by atoms with Crippen LogP contribution in [0.15, 0.2) is 0 Å². The maximum absolute atomic E-state index is 11.5. The molecule has 0 fully saturated rings. The van der Waals surface area contributed by atoms with E-state index in [9.17, 15) is 4.79 Å². The molecule has 0 aromatic heterocycles. The number of amides is 1. The van der Waals surface area contributed by atoms with Gasteiger partial charge in [0, 0.05) is 13.2 Å². The number of nitrogens with one attached hydrogen (secondary N) is 1. The van der Waals surface area contributed by atoms with E-state index in [0.29, 0.717) is 0 Å². The van der Waals surface area contributed by atoms with E-state index in [0.717, 1.165) is 32.5 Å². The van der Waals surface area contributed by atoms with E-state index in [2.05, 4.69) is 24.1 Å². The molecular formula is C13H28N2O2. The first kappa shape index (κ1) is 16.4. The van der Waals surface area contributed by atoms with Crippen LogP contribution in [0.2, 0.25) is 0 Å². The zero-order chi connectivity index (χ0) is 13.3. The summed E-state index contributed by atoms with van der Waals surface area (Å²) in [5.74, 6) is -0.0251. The maximum Gasteiger partial charge on any atom is 0.249 e. The standard InChI is InChI=1S/C13H28N2O2/c1-6-15(7-2)10-8-9-11(3)14-13(16)12(4)17-5/h11-12H,6-10H2,1-5H3,(H,14,16). The summed E-state index contributed by atoms with van der Waals surface area (Å²) in [6.07, 6.45) is 1.77. The van der Waals surface area contributed by atoms with E-state index < -0.39 is 0 Å². The first-order chi connectivity index (χ1) is 8.04. The Morgan fingerprint density at radius 1 is 1.29 bits per heavy atom. The van der Waals surface area contributed by atoms with Gasteiger partial charge in [0.1, 0.15) is 6.10 Å². The van der Waals surface area contributed by atoms with Gasteiger partial charge in [0.05, 0.1) is 0 Å². The van der Waals surface area contributed by atoms with Gasteiger partial charge in [-0.2, -0.15) is 0 Å². The maximum atomic E-state index is 11.5. The summed E-state index contributed by atoms with van der Waals surface area (Å²) in [4.78, 5) is 13.9. The molecule has 2 atom stereocenters. The van der Waals surface area contributed by atoms with Crippen LogP contribution < -0.4 is 5.32 Å². The fraction of sp³-hybridized carbons (Fsp3) is 0.923. The van der Waals surface area contributed by atoms with Crippen molar-refractivity contribution < 1.29 is 9.53 Å². The monoisotopic (exact) mass is 244 g/mol. The van der Waals surface area contributed by atoms with Crippen molar-refractivity contribution in [1.82, 2.24) is 10.2 Å². The lowest BCUT2D eigenvalue weighted by Gasteiger charge is -2.20. The molecule has 0 saturated heterocycles. The van der Waals surface area contributed by atoms with Crippen molar-refractivity contribution in [3.05, 3.63) is 0 Å². The SMILES string of the molecule is CCN(CC)CCCC(C)NC(=O)C(C)OC. The molecule has 2 unspecified atom stereocenters. The molecule has 0 aliphatic heterocycles. The van der Waals surface area contributed by atoms with Crippen LogP contribution >= 0.6 is 0 Å². The number of rotatable bonds is 9. The third-order valence-corrected chi connectivity index (χ3v) is 3.12. The van der Waals surface area contributed by atoms with Crippen LogP contribution in [0.1, 0.15) is 40.5 Å². The van der Waals surface area contributed by atoms with Crippen molar-refractivity contribution in [1.29, 1.82) is 0 Å². The first-order valence-corrected chi connectivity index (χ1v) is 6.60.